The molecule has 2 aromatic rings. The van der Waals surface area contributed by atoms with Gasteiger partial charge in [0, 0.05) is 11.6 Å². The second kappa shape index (κ2) is 6.73. The summed E-state index contributed by atoms with van der Waals surface area (Å²) < 4.78 is 25.8. The lowest BCUT2D eigenvalue weighted by Crippen LogP contribution is -2.18. The van der Waals surface area contributed by atoms with E-state index in [9.17, 15) is 4.39 Å². The average molecular weight is 407 g/mol. The van der Waals surface area contributed by atoms with Gasteiger partial charge in [-0.05, 0) is 52.7 Å². The number of hydrogen-bond acceptors (Lipinski definition) is 4. The van der Waals surface area contributed by atoms with Gasteiger partial charge in [0.2, 0.25) is 0 Å². The number of ether oxygens (including phenoxy) is 2. The second-order valence-electron chi connectivity index (χ2n) is 4.13. The standard InChI is InChI=1S/C14H15FINO2S/c1-17-14(8-4-13(16)20-7-8)9-5-11(18-2)12(19-3)6-10(9)15/h4-7,14,17H,1-3H3. The SMILES string of the molecule is CNC(c1csc(I)c1)c1cc(OC)c(OC)cc1F. The number of thiophene rings is 1. The first-order valence-corrected chi connectivity index (χ1v) is 7.89. The Labute approximate surface area is 135 Å². The van der Waals surface area contributed by atoms with Crippen molar-refractivity contribution in [2.24, 2.45) is 0 Å². The van der Waals surface area contributed by atoms with Gasteiger partial charge in [0.05, 0.1) is 23.1 Å². The number of rotatable bonds is 5. The maximum atomic E-state index is 14.3. The Morgan fingerprint density at radius 2 is 1.85 bits per heavy atom. The summed E-state index contributed by atoms with van der Waals surface area (Å²) in [6.07, 6.45) is 0. The molecule has 1 heterocycles. The smallest absolute Gasteiger partial charge is 0.163 e. The molecule has 20 heavy (non-hydrogen) atoms. The molecule has 3 nitrogen and oxygen atoms in total. The van der Waals surface area contributed by atoms with Crippen LogP contribution < -0.4 is 14.8 Å². The number of methoxy groups -OCH3 is 2. The van der Waals surface area contributed by atoms with E-state index in [1.165, 1.54) is 16.1 Å². The van der Waals surface area contributed by atoms with E-state index in [0.29, 0.717) is 17.1 Å². The summed E-state index contributed by atoms with van der Waals surface area (Å²) in [5, 5.41) is 5.17. The molecule has 1 aromatic heterocycles. The highest BCUT2D eigenvalue weighted by Crippen LogP contribution is 2.35. The van der Waals surface area contributed by atoms with Gasteiger partial charge in [-0.3, -0.25) is 0 Å². The van der Waals surface area contributed by atoms with Gasteiger partial charge in [0.25, 0.3) is 0 Å². The lowest BCUT2D eigenvalue weighted by molar-refractivity contribution is 0.351. The number of nitrogens with one attached hydrogen (secondary N) is 1. The van der Waals surface area contributed by atoms with Crippen LogP contribution in [0.2, 0.25) is 0 Å². The van der Waals surface area contributed by atoms with Crippen molar-refractivity contribution in [3.8, 4) is 11.5 Å². The van der Waals surface area contributed by atoms with Gasteiger partial charge in [-0.2, -0.15) is 0 Å². The molecule has 0 bridgehead atoms. The van der Waals surface area contributed by atoms with Gasteiger partial charge < -0.3 is 14.8 Å². The fourth-order valence-corrected chi connectivity index (χ4v) is 3.47. The highest BCUT2D eigenvalue weighted by Gasteiger charge is 2.20. The molecule has 1 N–H and O–H groups in total. The van der Waals surface area contributed by atoms with Gasteiger partial charge in [0.1, 0.15) is 5.82 Å². The highest BCUT2D eigenvalue weighted by atomic mass is 127. The maximum Gasteiger partial charge on any atom is 0.163 e. The van der Waals surface area contributed by atoms with Crippen LogP contribution >= 0.6 is 33.9 Å². The summed E-state index contributed by atoms with van der Waals surface area (Å²) >= 11 is 3.89. The lowest BCUT2D eigenvalue weighted by Gasteiger charge is -2.18. The van der Waals surface area contributed by atoms with Crippen molar-refractivity contribution in [2.75, 3.05) is 21.3 Å². The van der Waals surface area contributed by atoms with Crippen LogP contribution in [-0.4, -0.2) is 21.3 Å². The van der Waals surface area contributed by atoms with Gasteiger partial charge in [-0.15, -0.1) is 11.3 Å². The molecule has 1 aromatic carbocycles. The highest BCUT2D eigenvalue weighted by molar-refractivity contribution is 14.1. The Bertz CT molecular complexity index is 603. The third-order valence-electron chi connectivity index (χ3n) is 3.02. The molecule has 0 fully saturated rings. The summed E-state index contributed by atoms with van der Waals surface area (Å²) in [5.41, 5.74) is 1.58. The Hall–Kier alpha value is -0.860. The zero-order valence-corrected chi connectivity index (χ0v) is 14.3. The largest absolute Gasteiger partial charge is 0.493 e. The van der Waals surface area contributed by atoms with Crippen LogP contribution in [0.3, 0.4) is 0 Å². The monoisotopic (exact) mass is 407 g/mol. The Balaban J connectivity index is 2.49. The third-order valence-corrected chi connectivity index (χ3v) is 4.83. The molecule has 0 saturated heterocycles. The van der Waals surface area contributed by atoms with Crippen molar-refractivity contribution in [2.45, 2.75) is 6.04 Å². The van der Waals surface area contributed by atoms with Crippen LogP contribution in [-0.2, 0) is 0 Å². The molecule has 0 aliphatic rings. The van der Waals surface area contributed by atoms with E-state index in [1.807, 2.05) is 18.5 Å². The minimum Gasteiger partial charge on any atom is -0.493 e. The van der Waals surface area contributed by atoms with Gasteiger partial charge in [0.15, 0.2) is 11.5 Å². The number of halogens is 2. The first kappa shape index (κ1) is 15.5. The van der Waals surface area contributed by atoms with Crippen LogP contribution in [0.25, 0.3) is 0 Å². The number of benzene rings is 1. The molecule has 6 heteroatoms. The molecule has 108 valence electrons. The quantitative estimate of drug-likeness (QED) is 0.765. The minimum atomic E-state index is -0.316. The predicted molar refractivity (Wildman–Crippen MR) is 87.4 cm³/mol. The Kier molecular flexibility index (Phi) is 5.22. The van der Waals surface area contributed by atoms with Crippen LogP contribution in [0.1, 0.15) is 17.2 Å². The molecule has 1 atom stereocenters. The zero-order valence-electron chi connectivity index (χ0n) is 11.4. The Morgan fingerprint density at radius 1 is 1.20 bits per heavy atom. The zero-order chi connectivity index (χ0) is 14.7. The molecule has 0 saturated carbocycles. The molecule has 0 spiro atoms. The van der Waals surface area contributed by atoms with E-state index in [4.69, 9.17) is 9.47 Å². The van der Waals surface area contributed by atoms with E-state index >= 15 is 0 Å². The summed E-state index contributed by atoms with van der Waals surface area (Å²) in [5.74, 6) is 0.598. The average Bonchev–Trinajstić information content (AvgIpc) is 2.87. The molecular weight excluding hydrogens is 392 g/mol. The van der Waals surface area contributed by atoms with Crippen molar-refractivity contribution in [3.05, 3.63) is 43.4 Å². The molecule has 0 aliphatic heterocycles. The Morgan fingerprint density at radius 3 is 2.35 bits per heavy atom. The van der Waals surface area contributed by atoms with Gasteiger partial charge in [-0.25, -0.2) is 4.39 Å². The molecule has 0 amide bonds. The van der Waals surface area contributed by atoms with Gasteiger partial charge >= 0.3 is 0 Å². The minimum absolute atomic E-state index is 0.213. The first-order valence-electron chi connectivity index (χ1n) is 5.93. The first-order chi connectivity index (χ1) is 9.60. The summed E-state index contributed by atoms with van der Waals surface area (Å²) in [6, 6.07) is 4.87. The van der Waals surface area contributed by atoms with Crippen LogP contribution in [0.4, 0.5) is 4.39 Å². The fourth-order valence-electron chi connectivity index (χ4n) is 2.07. The van der Waals surface area contributed by atoms with E-state index in [0.717, 1.165) is 5.56 Å². The van der Waals surface area contributed by atoms with Crippen molar-refractivity contribution in [1.29, 1.82) is 0 Å². The number of hydrogen-bond donors (Lipinski definition) is 1. The summed E-state index contributed by atoms with van der Waals surface area (Å²) in [6.45, 7) is 0. The van der Waals surface area contributed by atoms with Crippen molar-refractivity contribution >= 4 is 33.9 Å². The van der Waals surface area contributed by atoms with Crippen molar-refractivity contribution in [3.63, 3.8) is 0 Å². The molecule has 2 rings (SSSR count). The van der Waals surface area contributed by atoms with Crippen molar-refractivity contribution < 1.29 is 13.9 Å². The van der Waals surface area contributed by atoms with E-state index in [2.05, 4.69) is 27.9 Å². The van der Waals surface area contributed by atoms with Crippen LogP contribution in [0, 0.1) is 8.70 Å². The van der Waals surface area contributed by atoms with Crippen LogP contribution in [0.15, 0.2) is 23.6 Å². The topological polar surface area (TPSA) is 30.5 Å². The lowest BCUT2D eigenvalue weighted by atomic mass is 10.0. The second-order valence-corrected chi connectivity index (χ2v) is 6.94. The normalized spacial score (nSPS) is 12.2. The predicted octanol–water partition coefficient (Wildman–Crippen LogP) is 3.82. The summed E-state index contributed by atoms with van der Waals surface area (Å²) in [4.78, 5) is 0. The fraction of sp³-hybridized carbons (Fsp3) is 0.286. The molecule has 1 unspecified atom stereocenters. The molecular formula is C14H15FINO2S. The summed E-state index contributed by atoms with van der Waals surface area (Å²) in [7, 11) is 4.85. The van der Waals surface area contributed by atoms with E-state index in [-0.39, 0.29) is 11.9 Å². The van der Waals surface area contributed by atoms with Crippen LogP contribution in [0.5, 0.6) is 11.5 Å². The van der Waals surface area contributed by atoms with Crippen molar-refractivity contribution in [1.82, 2.24) is 5.32 Å². The van der Waals surface area contributed by atoms with E-state index < -0.39 is 0 Å². The molecule has 0 aliphatic carbocycles. The third kappa shape index (κ3) is 3.07. The maximum absolute atomic E-state index is 14.3. The molecule has 0 radical (unpaired) electrons. The van der Waals surface area contributed by atoms with Gasteiger partial charge in [-0.1, -0.05) is 0 Å². The van der Waals surface area contributed by atoms with E-state index in [1.54, 1.807) is 24.5 Å².